The lowest BCUT2D eigenvalue weighted by Gasteiger charge is -2.13. The van der Waals surface area contributed by atoms with Gasteiger partial charge in [0.05, 0.1) is 7.11 Å². The van der Waals surface area contributed by atoms with Crippen molar-refractivity contribution >= 4 is 5.57 Å². The average molecular weight is 188 g/mol. The van der Waals surface area contributed by atoms with Crippen molar-refractivity contribution in [3.63, 3.8) is 0 Å². The zero-order chi connectivity index (χ0) is 9.80. The van der Waals surface area contributed by atoms with Crippen molar-refractivity contribution in [2.75, 3.05) is 7.11 Å². The van der Waals surface area contributed by atoms with Gasteiger partial charge in [0, 0.05) is 0 Å². The van der Waals surface area contributed by atoms with Gasteiger partial charge in [-0.1, -0.05) is 18.2 Å². The Kier molecular flexibility index (Phi) is 2.87. The molecule has 1 heteroatoms. The van der Waals surface area contributed by atoms with Crippen LogP contribution in [-0.2, 0) is 0 Å². The molecular formula is C13H16O. The maximum Gasteiger partial charge on any atom is 0.119 e. The highest BCUT2D eigenvalue weighted by atomic mass is 16.5. The Balaban J connectivity index is 2.26. The van der Waals surface area contributed by atoms with E-state index in [4.69, 9.17) is 4.74 Å². The van der Waals surface area contributed by atoms with Crippen LogP contribution in [0, 0.1) is 0 Å². The fourth-order valence-electron chi connectivity index (χ4n) is 1.92. The summed E-state index contributed by atoms with van der Waals surface area (Å²) in [4.78, 5) is 0. The van der Waals surface area contributed by atoms with Crippen LogP contribution in [0.3, 0.4) is 0 Å². The van der Waals surface area contributed by atoms with Crippen molar-refractivity contribution in [3.05, 3.63) is 35.9 Å². The van der Waals surface area contributed by atoms with Crippen molar-refractivity contribution in [2.45, 2.75) is 25.7 Å². The Labute approximate surface area is 85.4 Å². The number of allylic oxidation sites excluding steroid dienone is 2. The van der Waals surface area contributed by atoms with E-state index in [9.17, 15) is 0 Å². The molecule has 0 aliphatic heterocycles. The second-order valence-corrected chi connectivity index (χ2v) is 3.71. The van der Waals surface area contributed by atoms with E-state index >= 15 is 0 Å². The largest absolute Gasteiger partial charge is 0.497 e. The van der Waals surface area contributed by atoms with Gasteiger partial charge in [-0.15, -0.1) is 0 Å². The van der Waals surface area contributed by atoms with Gasteiger partial charge in [0.15, 0.2) is 0 Å². The van der Waals surface area contributed by atoms with Gasteiger partial charge in [-0.25, -0.2) is 0 Å². The third-order valence-corrected chi connectivity index (χ3v) is 2.73. The van der Waals surface area contributed by atoms with Gasteiger partial charge in [-0.05, 0) is 49.0 Å². The fourth-order valence-corrected chi connectivity index (χ4v) is 1.92. The van der Waals surface area contributed by atoms with Crippen molar-refractivity contribution in [3.8, 4) is 5.75 Å². The normalized spacial score (nSPS) is 16.2. The van der Waals surface area contributed by atoms with Gasteiger partial charge in [0.2, 0.25) is 0 Å². The Morgan fingerprint density at radius 2 is 2.14 bits per heavy atom. The standard InChI is InChI=1S/C13H16O/c1-14-13-9-5-8-12(10-13)11-6-3-2-4-7-11/h5-6,8-10H,2-4,7H2,1H3. The molecule has 0 saturated heterocycles. The van der Waals surface area contributed by atoms with Gasteiger partial charge in [-0.3, -0.25) is 0 Å². The Hall–Kier alpha value is -1.24. The zero-order valence-corrected chi connectivity index (χ0v) is 8.62. The molecule has 0 atom stereocenters. The van der Waals surface area contributed by atoms with E-state index in [0.717, 1.165) is 5.75 Å². The van der Waals surface area contributed by atoms with Crippen molar-refractivity contribution in [1.29, 1.82) is 0 Å². The van der Waals surface area contributed by atoms with Crippen LogP contribution >= 0.6 is 0 Å². The smallest absolute Gasteiger partial charge is 0.119 e. The van der Waals surface area contributed by atoms with Crippen molar-refractivity contribution in [2.24, 2.45) is 0 Å². The summed E-state index contributed by atoms with van der Waals surface area (Å²) in [6.45, 7) is 0. The highest BCUT2D eigenvalue weighted by Crippen LogP contribution is 2.28. The summed E-state index contributed by atoms with van der Waals surface area (Å²) >= 11 is 0. The topological polar surface area (TPSA) is 9.23 Å². The summed E-state index contributed by atoms with van der Waals surface area (Å²) in [5.74, 6) is 0.953. The predicted octanol–water partition coefficient (Wildman–Crippen LogP) is 3.65. The molecule has 0 heterocycles. The average Bonchev–Trinajstić information content (AvgIpc) is 2.30. The lowest BCUT2D eigenvalue weighted by atomic mass is 9.94. The van der Waals surface area contributed by atoms with Gasteiger partial charge >= 0.3 is 0 Å². The van der Waals surface area contributed by atoms with E-state index in [2.05, 4.69) is 24.3 Å². The predicted molar refractivity (Wildman–Crippen MR) is 59.4 cm³/mol. The van der Waals surface area contributed by atoms with Gasteiger partial charge in [-0.2, -0.15) is 0 Å². The molecule has 0 N–H and O–H groups in total. The lowest BCUT2D eigenvalue weighted by Crippen LogP contribution is -1.92. The van der Waals surface area contributed by atoms with E-state index in [-0.39, 0.29) is 0 Å². The van der Waals surface area contributed by atoms with E-state index in [1.165, 1.54) is 36.8 Å². The van der Waals surface area contributed by atoms with E-state index in [1.54, 1.807) is 7.11 Å². The van der Waals surface area contributed by atoms with Gasteiger partial charge in [0.25, 0.3) is 0 Å². The number of methoxy groups -OCH3 is 1. The molecule has 0 fully saturated rings. The van der Waals surface area contributed by atoms with Gasteiger partial charge < -0.3 is 4.74 Å². The Morgan fingerprint density at radius 1 is 1.21 bits per heavy atom. The molecule has 1 nitrogen and oxygen atoms in total. The van der Waals surface area contributed by atoms with Crippen molar-refractivity contribution in [1.82, 2.24) is 0 Å². The minimum absolute atomic E-state index is 0.953. The first-order valence-electron chi connectivity index (χ1n) is 5.23. The molecule has 0 bridgehead atoms. The quantitative estimate of drug-likeness (QED) is 0.688. The molecule has 74 valence electrons. The number of ether oxygens (including phenoxy) is 1. The maximum absolute atomic E-state index is 5.22. The number of benzene rings is 1. The minimum atomic E-state index is 0.953. The molecule has 2 rings (SSSR count). The Morgan fingerprint density at radius 3 is 2.86 bits per heavy atom. The second kappa shape index (κ2) is 4.32. The van der Waals surface area contributed by atoms with Crippen molar-refractivity contribution < 1.29 is 4.74 Å². The molecule has 1 aromatic rings. The zero-order valence-electron chi connectivity index (χ0n) is 8.62. The molecule has 0 spiro atoms. The summed E-state index contributed by atoms with van der Waals surface area (Å²) in [6, 6.07) is 8.34. The molecule has 0 radical (unpaired) electrons. The summed E-state index contributed by atoms with van der Waals surface area (Å²) < 4.78 is 5.22. The monoisotopic (exact) mass is 188 g/mol. The molecule has 1 aliphatic rings. The molecule has 1 aromatic carbocycles. The van der Waals surface area contributed by atoms with Crippen LogP contribution < -0.4 is 4.74 Å². The Bertz CT molecular complexity index is 339. The van der Waals surface area contributed by atoms with Gasteiger partial charge in [0.1, 0.15) is 5.75 Å². The second-order valence-electron chi connectivity index (χ2n) is 3.71. The minimum Gasteiger partial charge on any atom is -0.497 e. The van der Waals surface area contributed by atoms with Crippen LogP contribution in [0.2, 0.25) is 0 Å². The molecule has 14 heavy (non-hydrogen) atoms. The van der Waals surface area contributed by atoms with Crippen LogP contribution in [0.15, 0.2) is 30.3 Å². The third-order valence-electron chi connectivity index (χ3n) is 2.73. The highest BCUT2D eigenvalue weighted by molar-refractivity contribution is 5.67. The molecule has 0 aromatic heterocycles. The summed E-state index contributed by atoms with van der Waals surface area (Å²) in [5, 5.41) is 0. The fraction of sp³-hybridized carbons (Fsp3) is 0.385. The van der Waals surface area contributed by atoms with E-state index < -0.39 is 0 Å². The first-order chi connectivity index (χ1) is 6.90. The first-order valence-corrected chi connectivity index (χ1v) is 5.23. The molecule has 0 unspecified atom stereocenters. The summed E-state index contributed by atoms with van der Waals surface area (Å²) in [6.07, 6.45) is 7.47. The SMILES string of the molecule is COc1cccc(C2=CCCCC2)c1. The van der Waals surface area contributed by atoms with Crippen LogP contribution in [0.5, 0.6) is 5.75 Å². The molecule has 0 amide bonds. The van der Waals surface area contributed by atoms with Crippen LogP contribution in [0.25, 0.3) is 5.57 Å². The van der Waals surface area contributed by atoms with E-state index in [1.807, 2.05) is 6.07 Å². The molecule has 0 saturated carbocycles. The third kappa shape index (κ3) is 1.98. The highest BCUT2D eigenvalue weighted by Gasteiger charge is 2.06. The van der Waals surface area contributed by atoms with Crippen LogP contribution in [0.4, 0.5) is 0 Å². The number of rotatable bonds is 2. The maximum atomic E-state index is 5.22. The summed E-state index contributed by atoms with van der Waals surface area (Å²) in [7, 11) is 1.72. The lowest BCUT2D eigenvalue weighted by molar-refractivity contribution is 0.414. The molecular weight excluding hydrogens is 172 g/mol. The van der Waals surface area contributed by atoms with Crippen LogP contribution in [-0.4, -0.2) is 7.11 Å². The number of hydrogen-bond acceptors (Lipinski definition) is 1. The van der Waals surface area contributed by atoms with Crippen LogP contribution in [0.1, 0.15) is 31.2 Å². The first kappa shape index (κ1) is 9.32. The molecule has 1 aliphatic carbocycles. The summed E-state index contributed by atoms with van der Waals surface area (Å²) in [5.41, 5.74) is 2.80. The number of hydrogen-bond donors (Lipinski definition) is 0. The van der Waals surface area contributed by atoms with E-state index in [0.29, 0.717) is 0 Å².